The molecule has 1 saturated heterocycles. The molecule has 4 nitrogen and oxygen atoms in total. The van der Waals surface area contributed by atoms with Crippen LogP contribution in [0.2, 0.25) is 0 Å². The van der Waals surface area contributed by atoms with Crippen LogP contribution in [-0.2, 0) is 0 Å². The quantitative estimate of drug-likeness (QED) is 0.444. The maximum atomic E-state index is 4.55. The van der Waals surface area contributed by atoms with Gasteiger partial charge in [0.25, 0.3) is 0 Å². The standard InChI is InChI=1S/C26H28N4/c1-3-8-21(9-4-1)24(22-10-5-2-6-11-22)15-19-29-17-13-23(14-18-29)30-20-28-25-12-7-16-27-26(25)30/h1-12,16,20,23-24H,13-15,17-19H2. The highest BCUT2D eigenvalue weighted by Crippen LogP contribution is 2.30. The molecule has 0 saturated carbocycles. The largest absolute Gasteiger partial charge is 0.312 e. The van der Waals surface area contributed by atoms with E-state index < -0.39 is 0 Å². The van der Waals surface area contributed by atoms with Gasteiger partial charge in [0.2, 0.25) is 0 Å². The Morgan fingerprint density at radius 2 is 1.47 bits per heavy atom. The second kappa shape index (κ2) is 8.80. The van der Waals surface area contributed by atoms with Crippen molar-refractivity contribution < 1.29 is 0 Å². The Morgan fingerprint density at radius 1 is 0.800 bits per heavy atom. The van der Waals surface area contributed by atoms with E-state index in [1.807, 2.05) is 24.7 Å². The second-order valence-corrected chi connectivity index (χ2v) is 8.23. The van der Waals surface area contributed by atoms with Crippen LogP contribution in [0.25, 0.3) is 11.2 Å². The lowest BCUT2D eigenvalue weighted by Crippen LogP contribution is -2.35. The Bertz CT molecular complexity index is 1030. The molecule has 1 aliphatic heterocycles. The molecule has 4 aromatic rings. The summed E-state index contributed by atoms with van der Waals surface area (Å²) in [6.45, 7) is 3.39. The summed E-state index contributed by atoms with van der Waals surface area (Å²) in [5, 5.41) is 0. The lowest BCUT2D eigenvalue weighted by atomic mass is 9.88. The lowest BCUT2D eigenvalue weighted by Gasteiger charge is -2.33. The van der Waals surface area contributed by atoms with Crippen molar-refractivity contribution in [2.45, 2.75) is 31.2 Å². The highest BCUT2D eigenvalue weighted by molar-refractivity contribution is 5.70. The van der Waals surface area contributed by atoms with Crippen LogP contribution >= 0.6 is 0 Å². The number of fused-ring (bicyclic) bond motifs is 1. The van der Waals surface area contributed by atoms with Gasteiger partial charge in [0.05, 0.1) is 6.33 Å². The number of rotatable bonds is 6. The number of hydrogen-bond donors (Lipinski definition) is 0. The molecule has 0 unspecified atom stereocenters. The Kier molecular flexibility index (Phi) is 5.58. The monoisotopic (exact) mass is 396 g/mol. The van der Waals surface area contributed by atoms with Crippen molar-refractivity contribution in [2.75, 3.05) is 19.6 Å². The zero-order valence-electron chi connectivity index (χ0n) is 17.3. The molecule has 0 N–H and O–H groups in total. The molecule has 2 aromatic carbocycles. The molecule has 30 heavy (non-hydrogen) atoms. The van der Waals surface area contributed by atoms with Gasteiger partial charge in [-0.3, -0.25) is 0 Å². The minimum atomic E-state index is 0.451. The van der Waals surface area contributed by atoms with Gasteiger partial charge in [0.15, 0.2) is 5.65 Å². The predicted octanol–water partition coefficient (Wildman–Crippen LogP) is 5.29. The van der Waals surface area contributed by atoms with Crippen molar-refractivity contribution >= 4 is 11.2 Å². The third-order valence-corrected chi connectivity index (χ3v) is 6.42. The molecule has 2 aromatic heterocycles. The number of hydrogen-bond acceptors (Lipinski definition) is 3. The summed E-state index contributed by atoms with van der Waals surface area (Å²) in [6.07, 6.45) is 7.29. The summed E-state index contributed by atoms with van der Waals surface area (Å²) in [5.41, 5.74) is 4.83. The molecule has 1 aliphatic rings. The molecule has 152 valence electrons. The fraction of sp³-hybridized carbons (Fsp3) is 0.308. The first-order valence-corrected chi connectivity index (χ1v) is 11.0. The number of aromatic nitrogens is 3. The molecule has 0 amide bonds. The molecular weight excluding hydrogens is 368 g/mol. The number of piperidine rings is 1. The van der Waals surface area contributed by atoms with E-state index in [1.54, 1.807) is 0 Å². The van der Waals surface area contributed by atoms with Gasteiger partial charge in [-0.2, -0.15) is 0 Å². The number of likely N-dealkylation sites (tertiary alicyclic amines) is 1. The second-order valence-electron chi connectivity index (χ2n) is 8.23. The average molecular weight is 397 g/mol. The molecule has 0 radical (unpaired) electrons. The van der Waals surface area contributed by atoms with Crippen molar-refractivity contribution in [1.29, 1.82) is 0 Å². The van der Waals surface area contributed by atoms with Crippen molar-refractivity contribution in [3.05, 3.63) is 96.4 Å². The molecule has 4 heteroatoms. The number of imidazole rings is 1. The molecular formula is C26H28N4. The molecule has 1 fully saturated rings. The molecule has 0 bridgehead atoms. The van der Waals surface area contributed by atoms with Crippen molar-refractivity contribution in [3.8, 4) is 0 Å². The molecule has 5 rings (SSSR count). The Labute approximate surface area is 178 Å². The van der Waals surface area contributed by atoms with E-state index in [2.05, 4.69) is 80.1 Å². The lowest BCUT2D eigenvalue weighted by molar-refractivity contribution is 0.184. The SMILES string of the molecule is c1ccc(C(CCN2CCC(n3cnc4cccnc43)CC2)c2ccccc2)cc1. The number of benzene rings is 2. The van der Waals surface area contributed by atoms with Gasteiger partial charge >= 0.3 is 0 Å². The first-order chi connectivity index (χ1) is 14.9. The highest BCUT2D eigenvalue weighted by atomic mass is 15.2. The zero-order valence-corrected chi connectivity index (χ0v) is 17.3. The maximum absolute atomic E-state index is 4.55. The Balaban J connectivity index is 1.23. The fourth-order valence-electron chi connectivity index (χ4n) is 4.76. The minimum absolute atomic E-state index is 0.451. The summed E-state index contributed by atoms with van der Waals surface area (Å²) in [5.74, 6) is 0.451. The summed E-state index contributed by atoms with van der Waals surface area (Å²) in [4.78, 5) is 11.7. The van der Waals surface area contributed by atoms with Crippen molar-refractivity contribution in [2.24, 2.45) is 0 Å². The van der Waals surface area contributed by atoms with Crippen LogP contribution in [0.15, 0.2) is 85.3 Å². The van der Waals surface area contributed by atoms with Gasteiger partial charge in [-0.25, -0.2) is 9.97 Å². The van der Waals surface area contributed by atoms with Crippen LogP contribution in [0.3, 0.4) is 0 Å². The van der Waals surface area contributed by atoms with E-state index in [9.17, 15) is 0 Å². The van der Waals surface area contributed by atoms with E-state index in [0.29, 0.717) is 12.0 Å². The summed E-state index contributed by atoms with van der Waals surface area (Å²) >= 11 is 0. The average Bonchev–Trinajstić information content (AvgIpc) is 3.25. The van der Waals surface area contributed by atoms with Crippen molar-refractivity contribution in [3.63, 3.8) is 0 Å². The zero-order chi connectivity index (χ0) is 20.2. The summed E-state index contributed by atoms with van der Waals surface area (Å²) in [7, 11) is 0. The van der Waals surface area contributed by atoms with Gasteiger partial charge in [-0.05, 0) is 49.1 Å². The van der Waals surface area contributed by atoms with Gasteiger partial charge < -0.3 is 9.47 Å². The normalized spacial score (nSPS) is 15.8. The third-order valence-electron chi connectivity index (χ3n) is 6.42. The van der Waals surface area contributed by atoms with Crippen LogP contribution in [0.4, 0.5) is 0 Å². The predicted molar refractivity (Wildman–Crippen MR) is 122 cm³/mol. The summed E-state index contributed by atoms with van der Waals surface area (Å²) in [6, 6.07) is 26.4. The van der Waals surface area contributed by atoms with Gasteiger partial charge in [0, 0.05) is 31.2 Å². The van der Waals surface area contributed by atoms with Gasteiger partial charge in [-0.15, -0.1) is 0 Å². The molecule has 0 aliphatic carbocycles. The van der Waals surface area contributed by atoms with E-state index >= 15 is 0 Å². The third kappa shape index (κ3) is 4.01. The Hall–Kier alpha value is -2.98. The molecule has 0 atom stereocenters. The molecule has 3 heterocycles. The first-order valence-electron chi connectivity index (χ1n) is 11.0. The smallest absolute Gasteiger partial charge is 0.160 e. The Morgan fingerprint density at radius 3 is 2.13 bits per heavy atom. The van der Waals surface area contributed by atoms with Crippen LogP contribution in [-0.4, -0.2) is 39.1 Å². The van der Waals surface area contributed by atoms with E-state index in [1.165, 1.54) is 11.1 Å². The van der Waals surface area contributed by atoms with Crippen molar-refractivity contribution in [1.82, 2.24) is 19.4 Å². The number of pyridine rings is 1. The first kappa shape index (κ1) is 19.0. The van der Waals surface area contributed by atoms with E-state index in [4.69, 9.17) is 0 Å². The summed E-state index contributed by atoms with van der Waals surface area (Å²) < 4.78 is 2.28. The van der Waals surface area contributed by atoms with E-state index in [-0.39, 0.29) is 0 Å². The van der Waals surface area contributed by atoms with Gasteiger partial charge in [-0.1, -0.05) is 60.7 Å². The molecule has 0 spiro atoms. The fourth-order valence-corrected chi connectivity index (χ4v) is 4.76. The van der Waals surface area contributed by atoms with Crippen LogP contribution in [0.1, 0.15) is 42.3 Å². The van der Waals surface area contributed by atoms with Crippen LogP contribution in [0, 0.1) is 0 Å². The minimum Gasteiger partial charge on any atom is -0.312 e. The van der Waals surface area contributed by atoms with E-state index in [0.717, 1.165) is 50.1 Å². The topological polar surface area (TPSA) is 34.0 Å². The number of nitrogens with zero attached hydrogens (tertiary/aromatic N) is 4. The van der Waals surface area contributed by atoms with Crippen LogP contribution < -0.4 is 0 Å². The highest BCUT2D eigenvalue weighted by Gasteiger charge is 2.23. The van der Waals surface area contributed by atoms with Gasteiger partial charge in [0.1, 0.15) is 5.52 Å². The maximum Gasteiger partial charge on any atom is 0.160 e. The van der Waals surface area contributed by atoms with Crippen LogP contribution in [0.5, 0.6) is 0 Å².